The van der Waals surface area contributed by atoms with Gasteiger partial charge >= 0.3 is 0 Å². The first kappa shape index (κ1) is 10.6. The van der Waals surface area contributed by atoms with Gasteiger partial charge in [0, 0.05) is 11.4 Å². The molecule has 2 aromatic carbocycles. The van der Waals surface area contributed by atoms with Crippen molar-refractivity contribution in [3.63, 3.8) is 0 Å². The molecule has 0 radical (unpaired) electrons. The predicted octanol–water partition coefficient (Wildman–Crippen LogP) is 3.06. The lowest BCUT2D eigenvalue weighted by Crippen LogP contribution is -2.27. The van der Waals surface area contributed by atoms with Gasteiger partial charge in [-0.15, -0.1) is 0 Å². The predicted molar refractivity (Wildman–Crippen MR) is 70.6 cm³/mol. The first-order valence-corrected chi connectivity index (χ1v) is 6.13. The van der Waals surface area contributed by atoms with E-state index in [-0.39, 0.29) is 0 Å². The van der Waals surface area contributed by atoms with Crippen molar-refractivity contribution in [1.29, 1.82) is 0 Å². The molecule has 1 N–H and O–H groups in total. The van der Waals surface area contributed by atoms with E-state index in [0.717, 1.165) is 18.7 Å². The van der Waals surface area contributed by atoms with Crippen molar-refractivity contribution in [2.75, 3.05) is 13.7 Å². The molecule has 17 heavy (non-hydrogen) atoms. The van der Waals surface area contributed by atoms with Gasteiger partial charge in [-0.1, -0.05) is 24.3 Å². The van der Waals surface area contributed by atoms with Gasteiger partial charge < -0.3 is 10.1 Å². The van der Waals surface area contributed by atoms with Crippen LogP contribution in [0.15, 0.2) is 30.3 Å². The minimum absolute atomic E-state index is 0.414. The normalized spacial score (nSPS) is 19.1. The molecule has 0 aliphatic carbocycles. The van der Waals surface area contributed by atoms with Crippen LogP contribution in [0.4, 0.5) is 0 Å². The second kappa shape index (κ2) is 4.04. The summed E-state index contributed by atoms with van der Waals surface area (Å²) >= 11 is 0. The molecule has 0 amide bonds. The van der Waals surface area contributed by atoms with E-state index in [1.165, 1.54) is 21.9 Å². The molecule has 0 saturated heterocycles. The Labute approximate surface area is 102 Å². The summed E-state index contributed by atoms with van der Waals surface area (Å²) in [6, 6.07) is 11.1. The maximum atomic E-state index is 5.51. The van der Waals surface area contributed by atoms with Gasteiger partial charge in [-0.05, 0) is 42.5 Å². The Hall–Kier alpha value is -1.54. The molecule has 2 heteroatoms. The Morgan fingerprint density at radius 1 is 1.24 bits per heavy atom. The van der Waals surface area contributed by atoms with Crippen molar-refractivity contribution >= 4 is 10.8 Å². The van der Waals surface area contributed by atoms with Gasteiger partial charge in [-0.3, -0.25) is 0 Å². The number of fused-ring (bicyclic) bond motifs is 3. The summed E-state index contributed by atoms with van der Waals surface area (Å²) in [5.41, 5.74) is 2.86. The molecule has 3 rings (SSSR count). The van der Waals surface area contributed by atoms with E-state index in [1.807, 2.05) is 0 Å². The van der Waals surface area contributed by atoms with E-state index in [4.69, 9.17) is 4.74 Å². The quantitative estimate of drug-likeness (QED) is 0.808. The first-order valence-electron chi connectivity index (χ1n) is 6.13. The molecule has 0 aromatic heterocycles. The third-order valence-electron chi connectivity index (χ3n) is 3.66. The molecule has 1 atom stereocenters. The highest BCUT2D eigenvalue weighted by molar-refractivity contribution is 5.92. The Morgan fingerprint density at radius 3 is 2.76 bits per heavy atom. The van der Waals surface area contributed by atoms with Crippen LogP contribution in [0.5, 0.6) is 5.75 Å². The van der Waals surface area contributed by atoms with E-state index in [1.54, 1.807) is 7.11 Å². The molecule has 0 spiro atoms. The van der Waals surface area contributed by atoms with Crippen LogP contribution in [0.3, 0.4) is 0 Å². The number of nitrogens with one attached hydrogen (secondary N) is 1. The van der Waals surface area contributed by atoms with Crippen molar-refractivity contribution in [3.8, 4) is 5.75 Å². The van der Waals surface area contributed by atoms with Gasteiger partial charge in [0.2, 0.25) is 0 Å². The maximum Gasteiger partial charge on any atom is 0.127 e. The first-order chi connectivity index (χ1) is 8.31. The molecule has 1 unspecified atom stereocenters. The fourth-order valence-electron chi connectivity index (χ4n) is 2.78. The zero-order chi connectivity index (χ0) is 11.8. The monoisotopic (exact) mass is 227 g/mol. The lowest BCUT2D eigenvalue weighted by atomic mass is 9.90. The van der Waals surface area contributed by atoms with Gasteiger partial charge in [-0.25, -0.2) is 0 Å². The molecule has 2 aromatic rings. The highest BCUT2D eigenvalue weighted by Gasteiger charge is 2.19. The minimum atomic E-state index is 0.414. The van der Waals surface area contributed by atoms with Crippen LogP contribution in [-0.4, -0.2) is 13.7 Å². The molecule has 1 aliphatic rings. The van der Waals surface area contributed by atoms with Gasteiger partial charge in [-0.2, -0.15) is 0 Å². The Bertz CT molecular complexity index is 562. The summed E-state index contributed by atoms with van der Waals surface area (Å²) in [5.74, 6) is 0.981. The van der Waals surface area contributed by atoms with Crippen LogP contribution in [0.25, 0.3) is 10.8 Å². The van der Waals surface area contributed by atoms with Crippen molar-refractivity contribution in [3.05, 3.63) is 41.5 Å². The van der Waals surface area contributed by atoms with Crippen LogP contribution in [0.2, 0.25) is 0 Å². The zero-order valence-corrected chi connectivity index (χ0v) is 10.3. The summed E-state index contributed by atoms with van der Waals surface area (Å²) in [6.07, 6.45) is 1.10. The SMILES string of the molecule is COc1cc2c(c3ccccc13)CCNC2C. The van der Waals surface area contributed by atoms with Crippen LogP contribution in [0, 0.1) is 0 Å². The number of ether oxygens (including phenoxy) is 1. The molecule has 0 fully saturated rings. The van der Waals surface area contributed by atoms with Crippen molar-refractivity contribution in [2.45, 2.75) is 19.4 Å². The fourth-order valence-corrected chi connectivity index (χ4v) is 2.78. The van der Waals surface area contributed by atoms with E-state index in [9.17, 15) is 0 Å². The van der Waals surface area contributed by atoms with E-state index in [0.29, 0.717) is 6.04 Å². The topological polar surface area (TPSA) is 21.3 Å². The van der Waals surface area contributed by atoms with Crippen LogP contribution in [-0.2, 0) is 6.42 Å². The second-order valence-electron chi connectivity index (χ2n) is 4.62. The van der Waals surface area contributed by atoms with Crippen molar-refractivity contribution in [2.24, 2.45) is 0 Å². The molecule has 1 aliphatic heterocycles. The lowest BCUT2D eigenvalue weighted by Gasteiger charge is -2.26. The number of benzene rings is 2. The summed E-state index contributed by atoms with van der Waals surface area (Å²) in [5, 5.41) is 6.07. The third-order valence-corrected chi connectivity index (χ3v) is 3.66. The van der Waals surface area contributed by atoms with Crippen LogP contribution < -0.4 is 10.1 Å². The lowest BCUT2D eigenvalue weighted by molar-refractivity contribution is 0.417. The average molecular weight is 227 g/mol. The molecular formula is C15H17NO. The molecular weight excluding hydrogens is 210 g/mol. The minimum Gasteiger partial charge on any atom is -0.496 e. The van der Waals surface area contributed by atoms with E-state index < -0.39 is 0 Å². The maximum absolute atomic E-state index is 5.51. The highest BCUT2D eigenvalue weighted by Crippen LogP contribution is 2.35. The van der Waals surface area contributed by atoms with Gasteiger partial charge in [0.25, 0.3) is 0 Å². The number of hydrogen-bond acceptors (Lipinski definition) is 2. The Kier molecular flexibility index (Phi) is 2.52. The van der Waals surface area contributed by atoms with E-state index in [2.05, 4.69) is 42.6 Å². The number of hydrogen-bond donors (Lipinski definition) is 1. The third kappa shape index (κ3) is 1.60. The summed E-state index contributed by atoms with van der Waals surface area (Å²) in [6.45, 7) is 3.27. The summed E-state index contributed by atoms with van der Waals surface area (Å²) in [7, 11) is 1.75. The Morgan fingerprint density at radius 2 is 2.00 bits per heavy atom. The molecule has 0 saturated carbocycles. The van der Waals surface area contributed by atoms with Gasteiger partial charge in [0.05, 0.1) is 7.11 Å². The fraction of sp³-hybridized carbons (Fsp3) is 0.333. The number of methoxy groups -OCH3 is 1. The van der Waals surface area contributed by atoms with Gasteiger partial charge in [0.15, 0.2) is 0 Å². The number of rotatable bonds is 1. The standard InChI is InChI=1S/C15H17NO/c1-10-14-9-15(17-2)13-6-4-3-5-11(13)12(14)7-8-16-10/h3-6,9-10,16H,7-8H2,1-2H3. The van der Waals surface area contributed by atoms with Crippen molar-refractivity contribution in [1.82, 2.24) is 5.32 Å². The van der Waals surface area contributed by atoms with Crippen LogP contribution >= 0.6 is 0 Å². The smallest absolute Gasteiger partial charge is 0.127 e. The summed E-state index contributed by atoms with van der Waals surface area (Å²) in [4.78, 5) is 0. The second-order valence-corrected chi connectivity index (χ2v) is 4.62. The Balaban J connectivity index is 2.36. The molecule has 0 bridgehead atoms. The zero-order valence-electron chi connectivity index (χ0n) is 10.3. The van der Waals surface area contributed by atoms with E-state index >= 15 is 0 Å². The largest absolute Gasteiger partial charge is 0.496 e. The summed E-state index contributed by atoms with van der Waals surface area (Å²) < 4.78 is 5.51. The van der Waals surface area contributed by atoms with Gasteiger partial charge in [0.1, 0.15) is 5.75 Å². The molecule has 2 nitrogen and oxygen atoms in total. The average Bonchev–Trinajstić information content (AvgIpc) is 2.38. The van der Waals surface area contributed by atoms with Crippen LogP contribution in [0.1, 0.15) is 24.1 Å². The molecule has 1 heterocycles. The van der Waals surface area contributed by atoms with Crippen molar-refractivity contribution < 1.29 is 4.74 Å². The molecule has 88 valence electrons. The highest BCUT2D eigenvalue weighted by atomic mass is 16.5.